The first kappa shape index (κ1) is 17.2. The molecule has 1 aliphatic carbocycles. The summed E-state index contributed by atoms with van der Waals surface area (Å²) < 4.78 is 1.85. The molecule has 0 aliphatic heterocycles. The molecule has 1 aromatic carbocycles. The van der Waals surface area contributed by atoms with Crippen molar-refractivity contribution in [3.05, 3.63) is 41.7 Å². The van der Waals surface area contributed by atoms with Gasteiger partial charge < -0.3 is 10.4 Å². The number of aliphatic carboxylic acids is 1. The van der Waals surface area contributed by atoms with Gasteiger partial charge in [-0.2, -0.15) is 5.10 Å². The number of anilines is 1. The maximum absolute atomic E-state index is 12.5. The minimum atomic E-state index is -0.753. The van der Waals surface area contributed by atoms with Crippen molar-refractivity contribution in [3.63, 3.8) is 0 Å². The number of aromatic nitrogens is 2. The van der Waals surface area contributed by atoms with E-state index in [-0.39, 0.29) is 17.7 Å². The van der Waals surface area contributed by atoms with Crippen LogP contribution >= 0.6 is 0 Å². The lowest BCUT2D eigenvalue weighted by Crippen LogP contribution is -2.29. The third-order valence-corrected chi connectivity index (χ3v) is 4.82. The molecule has 0 bridgehead atoms. The van der Waals surface area contributed by atoms with Crippen LogP contribution in [0.4, 0.5) is 5.69 Å². The SMILES string of the molecule is Cc1cc(C)n(-c2cccc(NC(=O)C3CCC(C(=O)O)CC3)c2)n1. The summed E-state index contributed by atoms with van der Waals surface area (Å²) in [6.45, 7) is 3.94. The maximum Gasteiger partial charge on any atom is 0.306 e. The number of carbonyl (C=O) groups is 2. The number of benzene rings is 1. The van der Waals surface area contributed by atoms with Crippen LogP contribution in [0.15, 0.2) is 30.3 Å². The molecule has 1 saturated carbocycles. The average Bonchev–Trinajstić information content (AvgIpc) is 2.93. The quantitative estimate of drug-likeness (QED) is 0.893. The van der Waals surface area contributed by atoms with Crippen LogP contribution in [0.3, 0.4) is 0 Å². The van der Waals surface area contributed by atoms with Gasteiger partial charge in [-0.05, 0) is 63.8 Å². The van der Waals surface area contributed by atoms with Crippen molar-refractivity contribution in [3.8, 4) is 5.69 Å². The van der Waals surface area contributed by atoms with Crippen LogP contribution in [0.5, 0.6) is 0 Å². The molecule has 0 saturated heterocycles. The molecule has 6 nitrogen and oxygen atoms in total. The second-order valence-electron chi connectivity index (χ2n) is 6.77. The number of carbonyl (C=O) groups excluding carboxylic acids is 1. The van der Waals surface area contributed by atoms with Crippen molar-refractivity contribution < 1.29 is 14.7 Å². The summed E-state index contributed by atoms with van der Waals surface area (Å²) in [7, 11) is 0. The standard InChI is InChI=1S/C19H23N3O3/c1-12-10-13(2)22(21-12)17-5-3-4-16(11-17)20-18(23)14-6-8-15(9-7-14)19(24)25/h3-5,10-11,14-15H,6-9H2,1-2H3,(H,20,23)(H,24,25). The van der Waals surface area contributed by atoms with Crippen molar-refractivity contribution in [1.82, 2.24) is 9.78 Å². The van der Waals surface area contributed by atoms with Gasteiger partial charge in [0.1, 0.15) is 0 Å². The zero-order chi connectivity index (χ0) is 18.0. The molecule has 2 aromatic rings. The van der Waals surface area contributed by atoms with Crippen LogP contribution in [0.25, 0.3) is 5.69 Å². The lowest BCUT2D eigenvalue weighted by Gasteiger charge is -2.25. The molecule has 0 radical (unpaired) electrons. The van der Waals surface area contributed by atoms with E-state index in [0.717, 1.165) is 22.8 Å². The number of nitrogens with one attached hydrogen (secondary N) is 1. The Labute approximate surface area is 146 Å². The van der Waals surface area contributed by atoms with Gasteiger partial charge in [0.2, 0.25) is 5.91 Å². The fourth-order valence-corrected chi connectivity index (χ4v) is 3.45. The summed E-state index contributed by atoms with van der Waals surface area (Å²) >= 11 is 0. The van der Waals surface area contributed by atoms with Crippen molar-refractivity contribution in [1.29, 1.82) is 0 Å². The van der Waals surface area contributed by atoms with E-state index in [1.165, 1.54) is 0 Å². The van der Waals surface area contributed by atoms with Gasteiger partial charge in [0.05, 0.1) is 17.3 Å². The van der Waals surface area contributed by atoms with Gasteiger partial charge in [-0.15, -0.1) is 0 Å². The molecule has 132 valence electrons. The van der Waals surface area contributed by atoms with Gasteiger partial charge in [0.15, 0.2) is 0 Å². The van der Waals surface area contributed by atoms with Gasteiger partial charge in [-0.3, -0.25) is 9.59 Å². The van der Waals surface area contributed by atoms with Crippen LogP contribution in [-0.2, 0) is 9.59 Å². The second-order valence-corrected chi connectivity index (χ2v) is 6.77. The van der Waals surface area contributed by atoms with E-state index < -0.39 is 5.97 Å². The summed E-state index contributed by atoms with van der Waals surface area (Å²) in [5.41, 5.74) is 3.61. The Morgan fingerprint density at radius 2 is 1.80 bits per heavy atom. The highest BCUT2D eigenvalue weighted by atomic mass is 16.4. The number of amides is 1. The van der Waals surface area contributed by atoms with Gasteiger partial charge in [-0.25, -0.2) is 4.68 Å². The maximum atomic E-state index is 12.5. The van der Waals surface area contributed by atoms with E-state index in [0.29, 0.717) is 25.7 Å². The number of carboxylic acids is 1. The molecule has 1 aliphatic rings. The van der Waals surface area contributed by atoms with Gasteiger partial charge in [0.25, 0.3) is 0 Å². The van der Waals surface area contributed by atoms with Crippen LogP contribution in [0.2, 0.25) is 0 Å². The summed E-state index contributed by atoms with van der Waals surface area (Å²) in [6.07, 6.45) is 2.39. The fourth-order valence-electron chi connectivity index (χ4n) is 3.45. The van der Waals surface area contributed by atoms with Gasteiger partial charge in [-0.1, -0.05) is 6.07 Å². The lowest BCUT2D eigenvalue weighted by molar-refractivity contribution is -0.143. The molecule has 1 heterocycles. The van der Waals surface area contributed by atoms with E-state index in [9.17, 15) is 9.59 Å². The first-order valence-corrected chi connectivity index (χ1v) is 8.61. The number of hydrogen-bond acceptors (Lipinski definition) is 3. The molecule has 0 unspecified atom stereocenters. The first-order chi connectivity index (χ1) is 11.9. The molecule has 25 heavy (non-hydrogen) atoms. The Kier molecular flexibility index (Phi) is 4.88. The van der Waals surface area contributed by atoms with E-state index in [2.05, 4.69) is 10.4 Å². The van der Waals surface area contributed by atoms with E-state index >= 15 is 0 Å². The van der Waals surface area contributed by atoms with Crippen molar-refractivity contribution >= 4 is 17.6 Å². The highest BCUT2D eigenvalue weighted by Crippen LogP contribution is 2.30. The number of nitrogens with zero attached hydrogens (tertiary/aromatic N) is 2. The van der Waals surface area contributed by atoms with Crippen molar-refractivity contribution in [2.24, 2.45) is 11.8 Å². The summed E-state index contributed by atoms with van der Waals surface area (Å²) in [5, 5.41) is 16.5. The van der Waals surface area contributed by atoms with Crippen molar-refractivity contribution in [2.75, 3.05) is 5.32 Å². The van der Waals surface area contributed by atoms with Crippen LogP contribution in [0, 0.1) is 25.7 Å². The number of aryl methyl sites for hydroxylation is 2. The highest BCUT2D eigenvalue weighted by Gasteiger charge is 2.29. The largest absolute Gasteiger partial charge is 0.481 e. The third-order valence-electron chi connectivity index (χ3n) is 4.82. The van der Waals surface area contributed by atoms with Crippen LogP contribution < -0.4 is 5.32 Å². The predicted molar refractivity (Wildman–Crippen MR) is 94.8 cm³/mol. The number of hydrogen-bond donors (Lipinski definition) is 2. The highest BCUT2D eigenvalue weighted by molar-refractivity contribution is 5.93. The second kappa shape index (κ2) is 7.09. The Bertz CT molecular complexity index is 789. The van der Waals surface area contributed by atoms with Gasteiger partial charge in [0, 0.05) is 17.3 Å². The molecule has 1 aromatic heterocycles. The Balaban J connectivity index is 1.67. The monoisotopic (exact) mass is 341 g/mol. The first-order valence-electron chi connectivity index (χ1n) is 8.61. The summed E-state index contributed by atoms with van der Waals surface area (Å²) in [4.78, 5) is 23.5. The summed E-state index contributed by atoms with van der Waals surface area (Å²) in [6, 6.07) is 9.61. The molecular formula is C19H23N3O3. The smallest absolute Gasteiger partial charge is 0.306 e. The molecular weight excluding hydrogens is 318 g/mol. The number of rotatable bonds is 4. The topological polar surface area (TPSA) is 84.2 Å². The molecule has 6 heteroatoms. The zero-order valence-corrected chi connectivity index (χ0v) is 14.5. The molecule has 2 N–H and O–H groups in total. The molecule has 0 atom stereocenters. The Hall–Kier alpha value is -2.63. The van der Waals surface area contributed by atoms with Crippen molar-refractivity contribution in [2.45, 2.75) is 39.5 Å². The molecule has 3 rings (SSSR count). The van der Waals surface area contributed by atoms with Gasteiger partial charge >= 0.3 is 5.97 Å². The normalized spacial score (nSPS) is 20.2. The van der Waals surface area contributed by atoms with Crippen LogP contribution in [-0.4, -0.2) is 26.8 Å². The summed E-state index contributed by atoms with van der Waals surface area (Å²) in [5.74, 6) is -1.21. The number of carboxylic acid groups (broad SMARTS) is 1. The molecule has 0 spiro atoms. The van der Waals surface area contributed by atoms with Crippen LogP contribution in [0.1, 0.15) is 37.1 Å². The minimum absolute atomic E-state index is 0.0330. The lowest BCUT2D eigenvalue weighted by atomic mass is 9.81. The Morgan fingerprint density at radius 3 is 2.40 bits per heavy atom. The zero-order valence-electron chi connectivity index (χ0n) is 14.5. The average molecular weight is 341 g/mol. The predicted octanol–water partition coefficient (Wildman–Crippen LogP) is 3.32. The Morgan fingerprint density at radius 1 is 1.12 bits per heavy atom. The van der Waals surface area contributed by atoms with E-state index in [1.807, 2.05) is 48.9 Å². The van der Waals surface area contributed by atoms with E-state index in [1.54, 1.807) is 0 Å². The van der Waals surface area contributed by atoms with E-state index in [4.69, 9.17) is 5.11 Å². The minimum Gasteiger partial charge on any atom is -0.481 e. The fraction of sp³-hybridized carbons (Fsp3) is 0.421. The third kappa shape index (κ3) is 3.90. The molecule has 1 fully saturated rings. The molecule has 1 amide bonds.